The average Bonchev–Trinajstić information content (AvgIpc) is 3.04. The van der Waals surface area contributed by atoms with Gasteiger partial charge in [0.25, 0.3) is 0 Å². The summed E-state index contributed by atoms with van der Waals surface area (Å²) in [6.07, 6.45) is 0.992. The van der Waals surface area contributed by atoms with Gasteiger partial charge in [0.1, 0.15) is 18.0 Å². The Hall–Kier alpha value is -1.84. The van der Waals surface area contributed by atoms with Gasteiger partial charge in [0, 0.05) is 13.7 Å². The van der Waals surface area contributed by atoms with Crippen LogP contribution in [-0.2, 0) is 16.9 Å². The maximum Gasteiger partial charge on any atom is 0.120 e. The number of ether oxygens (including phenoxy) is 2. The summed E-state index contributed by atoms with van der Waals surface area (Å²) in [7, 11) is 1.78. The maximum atomic E-state index is 5.91. The van der Waals surface area contributed by atoms with Gasteiger partial charge in [0.15, 0.2) is 0 Å². The molecular formula is C18H21NO2. The minimum atomic E-state index is -0.216. The van der Waals surface area contributed by atoms with E-state index >= 15 is 0 Å². The zero-order chi connectivity index (χ0) is 14.5. The average molecular weight is 283 g/mol. The van der Waals surface area contributed by atoms with Crippen LogP contribution in [0.1, 0.15) is 17.5 Å². The number of hydrogen-bond acceptors (Lipinski definition) is 3. The zero-order valence-electron chi connectivity index (χ0n) is 12.3. The molecule has 3 rings (SSSR count). The summed E-state index contributed by atoms with van der Waals surface area (Å²) in [6.45, 7) is 2.43. The molecule has 0 amide bonds. The van der Waals surface area contributed by atoms with Crippen LogP contribution in [-0.4, -0.2) is 20.2 Å². The lowest BCUT2D eigenvalue weighted by Crippen LogP contribution is -2.30. The van der Waals surface area contributed by atoms with E-state index in [4.69, 9.17) is 9.47 Å². The molecule has 0 aliphatic carbocycles. The maximum absolute atomic E-state index is 5.91. The Morgan fingerprint density at radius 1 is 1.10 bits per heavy atom. The van der Waals surface area contributed by atoms with Gasteiger partial charge >= 0.3 is 0 Å². The van der Waals surface area contributed by atoms with Crippen LogP contribution in [0, 0.1) is 0 Å². The predicted octanol–water partition coefficient (Wildman–Crippen LogP) is 3.10. The van der Waals surface area contributed by atoms with Crippen LogP contribution in [0.4, 0.5) is 0 Å². The Balaban J connectivity index is 1.74. The molecule has 0 aromatic heterocycles. The summed E-state index contributed by atoms with van der Waals surface area (Å²) >= 11 is 0. The van der Waals surface area contributed by atoms with Crippen molar-refractivity contribution in [3.05, 3.63) is 65.7 Å². The summed E-state index contributed by atoms with van der Waals surface area (Å²) in [6, 6.07) is 18.5. The van der Waals surface area contributed by atoms with Crippen LogP contribution in [0.5, 0.6) is 5.75 Å². The van der Waals surface area contributed by atoms with Crippen molar-refractivity contribution in [2.75, 3.05) is 20.2 Å². The molecule has 3 nitrogen and oxygen atoms in total. The van der Waals surface area contributed by atoms with Crippen molar-refractivity contribution < 1.29 is 9.47 Å². The van der Waals surface area contributed by atoms with Gasteiger partial charge in [0.05, 0.1) is 0 Å². The second kappa shape index (κ2) is 6.29. The van der Waals surface area contributed by atoms with Gasteiger partial charge in [-0.15, -0.1) is 0 Å². The molecule has 1 unspecified atom stereocenters. The second-order valence-electron chi connectivity index (χ2n) is 5.43. The van der Waals surface area contributed by atoms with Crippen molar-refractivity contribution in [1.82, 2.24) is 5.32 Å². The van der Waals surface area contributed by atoms with Gasteiger partial charge in [-0.3, -0.25) is 0 Å². The van der Waals surface area contributed by atoms with Crippen molar-refractivity contribution >= 4 is 0 Å². The fraction of sp³-hybridized carbons (Fsp3) is 0.333. The normalized spacial score (nSPS) is 21.4. The first-order chi connectivity index (χ1) is 10.3. The van der Waals surface area contributed by atoms with E-state index in [1.807, 2.05) is 30.3 Å². The third-order valence-corrected chi connectivity index (χ3v) is 4.12. The Bertz CT molecular complexity index is 577. The molecule has 1 heterocycles. The van der Waals surface area contributed by atoms with E-state index in [0.29, 0.717) is 6.61 Å². The van der Waals surface area contributed by atoms with Crippen LogP contribution in [0.15, 0.2) is 54.6 Å². The Labute approximate surface area is 125 Å². The van der Waals surface area contributed by atoms with Crippen LogP contribution >= 0.6 is 0 Å². The molecule has 21 heavy (non-hydrogen) atoms. The quantitative estimate of drug-likeness (QED) is 0.914. The highest BCUT2D eigenvalue weighted by Gasteiger charge is 2.35. The molecule has 1 N–H and O–H groups in total. The van der Waals surface area contributed by atoms with Gasteiger partial charge in [-0.25, -0.2) is 0 Å². The van der Waals surface area contributed by atoms with Crippen molar-refractivity contribution in [3.63, 3.8) is 0 Å². The zero-order valence-corrected chi connectivity index (χ0v) is 12.3. The summed E-state index contributed by atoms with van der Waals surface area (Å²) < 4.78 is 11.7. The molecule has 110 valence electrons. The topological polar surface area (TPSA) is 30.5 Å². The molecule has 0 radical (unpaired) electrons. The van der Waals surface area contributed by atoms with Crippen LogP contribution in [0.2, 0.25) is 0 Å². The SMILES string of the molecule is COC1(c2cccc(OCc3ccccc3)c2)CCNC1. The van der Waals surface area contributed by atoms with Gasteiger partial charge < -0.3 is 14.8 Å². The molecule has 1 aliphatic heterocycles. The standard InChI is InChI=1S/C18H21NO2/c1-20-18(10-11-19-14-18)16-8-5-9-17(12-16)21-13-15-6-3-2-4-7-15/h2-9,12,19H,10-11,13-14H2,1H3. The fourth-order valence-corrected chi connectivity index (χ4v) is 2.82. The lowest BCUT2D eigenvalue weighted by atomic mass is 9.92. The molecular weight excluding hydrogens is 262 g/mol. The molecule has 0 saturated carbocycles. The van der Waals surface area contributed by atoms with Gasteiger partial charge in [-0.1, -0.05) is 42.5 Å². The van der Waals surface area contributed by atoms with E-state index in [0.717, 1.165) is 25.3 Å². The molecule has 0 bridgehead atoms. The van der Waals surface area contributed by atoms with E-state index < -0.39 is 0 Å². The Kier molecular flexibility index (Phi) is 4.23. The molecule has 1 aliphatic rings. The molecule has 0 spiro atoms. The molecule has 1 fully saturated rings. The third kappa shape index (κ3) is 3.09. The number of benzene rings is 2. The number of methoxy groups -OCH3 is 1. The van der Waals surface area contributed by atoms with Crippen molar-refractivity contribution in [3.8, 4) is 5.75 Å². The first-order valence-corrected chi connectivity index (χ1v) is 7.35. The van der Waals surface area contributed by atoms with Crippen LogP contribution < -0.4 is 10.1 Å². The van der Waals surface area contributed by atoms with E-state index in [2.05, 4.69) is 29.6 Å². The molecule has 1 saturated heterocycles. The predicted molar refractivity (Wildman–Crippen MR) is 83.4 cm³/mol. The largest absolute Gasteiger partial charge is 0.489 e. The Morgan fingerprint density at radius 3 is 2.67 bits per heavy atom. The lowest BCUT2D eigenvalue weighted by Gasteiger charge is -2.27. The molecule has 1 atom stereocenters. The molecule has 2 aromatic carbocycles. The molecule has 3 heteroatoms. The number of rotatable bonds is 5. The van der Waals surface area contributed by atoms with Crippen molar-refractivity contribution in [2.45, 2.75) is 18.6 Å². The van der Waals surface area contributed by atoms with E-state index in [-0.39, 0.29) is 5.60 Å². The van der Waals surface area contributed by atoms with Crippen LogP contribution in [0.3, 0.4) is 0 Å². The van der Waals surface area contributed by atoms with Crippen LogP contribution in [0.25, 0.3) is 0 Å². The highest BCUT2D eigenvalue weighted by atomic mass is 16.5. The fourth-order valence-electron chi connectivity index (χ4n) is 2.82. The highest BCUT2D eigenvalue weighted by molar-refractivity contribution is 5.34. The van der Waals surface area contributed by atoms with E-state index in [1.54, 1.807) is 7.11 Å². The monoisotopic (exact) mass is 283 g/mol. The summed E-state index contributed by atoms with van der Waals surface area (Å²) in [4.78, 5) is 0. The minimum absolute atomic E-state index is 0.216. The minimum Gasteiger partial charge on any atom is -0.489 e. The van der Waals surface area contributed by atoms with Gasteiger partial charge in [0.2, 0.25) is 0 Å². The summed E-state index contributed by atoms with van der Waals surface area (Å²) in [5.41, 5.74) is 2.14. The molecule has 2 aromatic rings. The van der Waals surface area contributed by atoms with Crippen molar-refractivity contribution in [2.24, 2.45) is 0 Å². The van der Waals surface area contributed by atoms with E-state index in [9.17, 15) is 0 Å². The second-order valence-corrected chi connectivity index (χ2v) is 5.43. The van der Waals surface area contributed by atoms with E-state index in [1.165, 1.54) is 11.1 Å². The smallest absolute Gasteiger partial charge is 0.120 e. The lowest BCUT2D eigenvalue weighted by molar-refractivity contribution is 0.00305. The first kappa shape index (κ1) is 14.1. The van der Waals surface area contributed by atoms with Crippen molar-refractivity contribution in [1.29, 1.82) is 0 Å². The number of hydrogen-bond donors (Lipinski definition) is 1. The number of nitrogens with one attached hydrogen (secondary N) is 1. The van der Waals surface area contributed by atoms with Gasteiger partial charge in [-0.05, 0) is 36.2 Å². The summed E-state index contributed by atoms with van der Waals surface area (Å²) in [5.74, 6) is 0.889. The summed E-state index contributed by atoms with van der Waals surface area (Å²) in [5, 5.41) is 3.37. The van der Waals surface area contributed by atoms with Gasteiger partial charge in [-0.2, -0.15) is 0 Å². The Morgan fingerprint density at radius 2 is 1.95 bits per heavy atom. The third-order valence-electron chi connectivity index (χ3n) is 4.12. The highest BCUT2D eigenvalue weighted by Crippen LogP contribution is 2.33. The first-order valence-electron chi connectivity index (χ1n) is 7.35.